The lowest BCUT2D eigenvalue weighted by Gasteiger charge is -2.20. The van der Waals surface area contributed by atoms with Gasteiger partial charge >= 0.3 is 0 Å². The van der Waals surface area contributed by atoms with E-state index in [1.807, 2.05) is 33.0 Å². The molecule has 7 heteroatoms. The van der Waals surface area contributed by atoms with Gasteiger partial charge in [-0.25, -0.2) is 4.68 Å². The topological polar surface area (TPSA) is 55.6 Å². The fourth-order valence-corrected chi connectivity index (χ4v) is 2.57. The molecular formula is C12H15Cl2N5. The molecule has 2 atom stereocenters. The van der Waals surface area contributed by atoms with Gasteiger partial charge in [0.15, 0.2) is 5.82 Å². The molecule has 0 amide bonds. The van der Waals surface area contributed by atoms with Gasteiger partial charge in [0.2, 0.25) is 0 Å². The first kappa shape index (κ1) is 14.2. The maximum absolute atomic E-state index is 6.19. The number of nitrogens with one attached hydrogen (secondary N) is 1. The number of benzene rings is 1. The average Bonchev–Trinajstić information content (AvgIpc) is 2.75. The lowest BCUT2D eigenvalue weighted by Crippen LogP contribution is -2.25. The van der Waals surface area contributed by atoms with E-state index >= 15 is 0 Å². The number of rotatable bonds is 4. The Morgan fingerprint density at radius 1 is 1.21 bits per heavy atom. The maximum Gasteiger partial charge on any atom is 0.167 e. The second-order valence-corrected chi connectivity index (χ2v) is 5.28. The van der Waals surface area contributed by atoms with E-state index in [1.165, 1.54) is 0 Å². The summed E-state index contributed by atoms with van der Waals surface area (Å²) < 4.78 is 1.65. The van der Waals surface area contributed by atoms with Crippen LogP contribution < -0.4 is 5.32 Å². The van der Waals surface area contributed by atoms with Gasteiger partial charge in [0.1, 0.15) is 0 Å². The summed E-state index contributed by atoms with van der Waals surface area (Å²) >= 11 is 12.1. The van der Waals surface area contributed by atoms with Gasteiger partial charge < -0.3 is 5.32 Å². The molecule has 1 heterocycles. The van der Waals surface area contributed by atoms with Gasteiger partial charge in [-0.1, -0.05) is 29.3 Å². The van der Waals surface area contributed by atoms with E-state index in [0.29, 0.717) is 10.0 Å². The summed E-state index contributed by atoms with van der Waals surface area (Å²) in [6, 6.07) is 5.57. The highest BCUT2D eigenvalue weighted by Crippen LogP contribution is 2.27. The van der Waals surface area contributed by atoms with Crippen molar-refractivity contribution in [2.24, 2.45) is 7.05 Å². The zero-order chi connectivity index (χ0) is 14.0. The SMILES string of the molecule is C[C@H](N[C@H](C)c1ccc(Cl)cc1Cl)c1nnnn1C. The quantitative estimate of drug-likeness (QED) is 0.943. The second-order valence-electron chi connectivity index (χ2n) is 4.44. The Morgan fingerprint density at radius 3 is 2.53 bits per heavy atom. The van der Waals surface area contributed by atoms with E-state index in [9.17, 15) is 0 Å². The molecule has 2 aromatic rings. The van der Waals surface area contributed by atoms with Crippen LogP contribution >= 0.6 is 23.2 Å². The monoisotopic (exact) mass is 299 g/mol. The summed E-state index contributed by atoms with van der Waals surface area (Å²) in [4.78, 5) is 0. The molecule has 1 aromatic heterocycles. The number of tetrazole rings is 1. The van der Waals surface area contributed by atoms with Crippen molar-refractivity contribution >= 4 is 23.2 Å². The van der Waals surface area contributed by atoms with E-state index < -0.39 is 0 Å². The summed E-state index contributed by atoms with van der Waals surface area (Å²) in [6.07, 6.45) is 0. The van der Waals surface area contributed by atoms with E-state index in [4.69, 9.17) is 23.2 Å². The fraction of sp³-hybridized carbons (Fsp3) is 0.417. The minimum Gasteiger partial charge on any atom is -0.301 e. The molecule has 0 bridgehead atoms. The lowest BCUT2D eigenvalue weighted by molar-refractivity contribution is 0.460. The van der Waals surface area contributed by atoms with Crippen molar-refractivity contribution in [3.63, 3.8) is 0 Å². The molecule has 5 nitrogen and oxygen atoms in total. The van der Waals surface area contributed by atoms with Gasteiger partial charge in [0.05, 0.1) is 6.04 Å². The summed E-state index contributed by atoms with van der Waals surface area (Å²) in [5, 5.41) is 16.1. The third-order valence-electron chi connectivity index (χ3n) is 2.97. The van der Waals surface area contributed by atoms with Crippen LogP contribution in [0.4, 0.5) is 0 Å². The summed E-state index contributed by atoms with van der Waals surface area (Å²) in [7, 11) is 1.81. The number of hydrogen-bond donors (Lipinski definition) is 1. The van der Waals surface area contributed by atoms with Gasteiger partial charge in [-0.3, -0.25) is 0 Å². The van der Waals surface area contributed by atoms with Crippen molar-refractivity contribution in [1.82, 2.24) is 25.5 Å². The van der Waals surface area contributed by atoms with Crippen molar-refractivity contribution in [2.45, 2.75) is 25.9 Å². The van der Waals surface area contributed by atoms with Crippen molar-refractivity contribution < 1.29 is 0 Å². The lowest BCUT2D eigenvalue weighted by atomic mass is 10.1. The van der Waals surface area contributed by atoms with Crippen LogP contribution in [0.15, 0.2) is 18.2 Å². The predicted molar refractivity (Wildman–Crippen MR) is 75.2 cm³/mol. The first-order valence-corrected chi connectivity index (χ1v) is 6.68. The van der Waals surface area contributed by atoms with E-state index in [1.54, 1.807) is 10.7 Å². The van der Waals surface area contributed by atoms with Crippen LogP contribution in [0.2, 0.25) is 10.0 Å². The van der Waals surface area contributed by atoms with Crippen molar-refractivity contribution in [3.05, 3.63) is 39.6 Å². The molecule has 0 saturated carbocycles. The number of aromatic nitrogens is 4. The molecule has 0 saturated heterocycles. The van der Waals surface area contributed by atoms with Crippen molar-refractivity contribution in [3.8, 4) is 0 Å². The van der Waals surface area contributed by atoms with Gasteiger partial charge in [-0.05, 0) is 42.0 Å². The van der Waals surface area contributed by atoms with E-state index in [-0.39, 0.29) is 12.1 Å². The molecule has 0 fully saturated rings. The third kappa shape index (κ3) is 3.23. The highest BCUT2D eigenvalue weighted by atomic mass is 35.5. The summed E-state index contributed by atoms with van der Waals surface area (Å²) in [5.74, 6) is 0.775. The van der Waals surface area contributed by atoms with Gasteiger partial charge in [-0.15, -0.1) is 5.10 Å². The summed E-state index contributed by atoms with van der Waals surface area (Å²) in [5.41, 5.74) is 0.994. The minimum absolute atomic E-state index is 0.0155. The van der Waals surface area contributed by atoms with Crippen molar-refractivity contribution in [2.75, 3.05) is 0 Å². The van der Waals surface area contributed by atoms with E-state index in [2.05, 4.69) is 20.8 Å². The Morgan fingerprint density at radius 2 is 1.95 bits per heavy atom. The minimum atomic E-state index is 0.0155. The molecule has 102 valence electrons. The molecule has 0 aliphatic heterocycles. The highest BCUT2D eigenvalue weighted by Gasteiger charge is 2.17. The molecule has 1 N–H and O–H groups in total. The molecule has 0 spiro atoms. The Balaban J connectivity index is 2.13. The second kappa shape index (κ2) is 5.86. The molecule has 0 aliphatic carbocycles. The average molecular weight is 300 g/mol. The molecule has 0 aliphatic rings. The largest absolute Gasteiger partial charge is 0.301 e. The third-order valence-corrected chi connectivity index (χ3v) is 3.53. The summed E-state index contributed by atoms with van der Waals surface area (Å²) in [6.45, 7) is 4.04. The van der Waals surface area contributed by atoms with Crippen LogP contribution in [0, 0.1) is 0 Å². The number of aryl methyl sites for hydroxylation is 1. The first-order valence-electron chi connectivity index (χ1n) is 5.92. The molecule has 19 heavy (non-hydrogen) atoms. The molecule has 2 rings (SSSR count). The highest BCUT2D eigenvalue weighted by molar-refractivity contribution is 6.35. The van der Waals surface area contributed by atoms with Gasteiger partial charge in [-0.2, -0.15) is 0 Å². The molecule has 0 unspecified atom stereocenters. The number of nitrogens with zero attached hydrogens (tertiary/aromatic N) is 4. The predicted octanol–water partition coefficient (Wildman–Crippen LogP) is 2.93. The maximum atomic E-state index is 6.19. The van der Waals surface area contributed by atoms with Crippen LogP contribution in [-0.4, -0.2) is 20.2 Å². The van der Waals surface area contributed by atoms with Gasteiger partial charge in [0, 0.05) is 23.1 Å². The van der Waals surface area contributed by atoms with Crippen LogP contribution in [0.25, 0.3) is 0 Å². The Hall–Kier alpha value is -1.17. The molecular weight excluding hydrogens is 285 g/mol. The Bertz CT molecular complexity index is 569. The smallest absolute Gasteiger partial charge is 0.167 e. The first-order chi connectivity index (χ1) is 8.99. The van der Waals surface area contributed by atoms with E-state index in [0.717, 1.165) is 11.4 Å². The Labute approximate surface area is 121 Å². The normalized spacial score (nSPS) is 14.4. The number of halogens is 2. The molecule has 1 aromatic carbocycles. The number of hydrogen-bond acceptors (Lipinski definition) is 4. The molecule has 0 radical (unpaired) electrons. The van der Waals surface area contributed by atoms with Crippen LogP contribution in [0.5, 0.6) is 0 Å². The van der Waals surface area contributed by atoms with Crippen LogP contribution in [-0.2, 0) is 7.05 Å². The standard InChI is InChI=1S/C12H15Cl2N5/c1-7(10-5-4-9(13)6-11(10)14)15-8(2)12-16-17-18-19(12)3/h4-8,15H,1-3H3/t7-,8+/m1/s1. The van der Waals surface area contributed by atoms with Gasteiger partial charge in [0.25, 0.3) is 0 Å². The fourth-order valence-electron chi connectivity index (χ4n) is 2.00. The van der Waals surface area contributed by atoms with Crippen molar-refractivity contribution in [1.29, 1.82) is 0 Å². The Kier molecular flexibility index (Phi) is 4.39. The zero-order valence-electron chi connectivity index (χ0n) is 10.9. The van der Waals surface area contributed by atoms with Crippen LogP contribution in [0.1, 0.15) is 37.3 Å². The van der Waals surface area contributed by atoms with Crippen LogP contribution in [0.3, 0.4) is 0 Å². The zero-order valence-corrected chi connectivity index (χ0v) is 12.4.